The van der Waals surface area contributed by atoms with Crippen molar-refractivity contribution in [1.29, 1.82) is 0 Å². The molecular formula is C53H39N. The minimum absolute atomic E-state index is 0.108. The van der Waals surface area contributed by atoms with Crippen LogP contribution in [-0.4, -0.2) is 0 Å². The van der Waals surface area contributed by atoms with Gasteiger partial charge in [0.25, 0.3) is 0 Å². The second kappa shape index (κ2) is 11.3. The summed E-state index contributed by atoms with van der Waals surface area (Å²) in [4.78, 5) is 2.48. The Labute approximate surface area is 317 Å². The minimum atomic E-state index is -0.412. The summed E-state index contributed by atoms with van der Waals surface area (Å²) < 4.78 is 0. The molecule has 0 aromatic heterocycles. The van der Waals surface area contributed by atoms with E-state index in [-0.39, 0.29) is 5.41 Å². The van der Waals surface area contributed by atoms with E-state index >= 15 is 0 Å². The Morgan fingerprint density at radius 2 is 0.759 bits per heavy atom. The zero-order valence-corrected chi connectivity index (χ0v) is 30.8. The molecule has 0 N–H and O–H groups in total. The van der Waals surface area contributed by atoms with Crippen molar-refractivity contribution >= 4 is 17.1 Å². The largest absolute Gasteiger partial charge is 0.310 e. The van der Waals surface area contributed by atoms with Gasteiger partial charge in [-0.15, -0.1) is 0 Å². The highest BCUT2D eigenvalue weighted by atomic mass is 15.1. The third-order valence-corrected chi connectivity index (χ3v) is 12.5. The molecule has 0 radical (unpaired) electrons. The Balaban J connectivity index is 1.16. The molecule has 3 aliphatic rings. The molecule has 1 heteroatoms. The molecule has 0 heterocycles. The first-order valence-electron chi connectivity index (χ1n) is 19.1. The number of hydrogen-bond donors (Lipinski definition) is 0. The van der Waals surface area contributed by atoms with Crippen LogP contribution in [0.1, 0.15) is 52.8 Å². The van der Waals surface area contributed by atoms with E-state index in [0.29, 0.717) is 0 Å². The SMILES string of the molecule is Cc1ccc2c(c1)C1(c3ccccc3-2)c2ccccc2-c2ccc(N(c3ccc(-c4ccccc4)cc3)c3ccc4c(c3)C(C)(C)c3ccccc3-4)cc21. The molecule has 1 nitrogen and oxygen atoms in total. The molecule has 0 aliphatic heterocycles. The maximum absolute atomic E-state index is 2.50. The molecule has 8 aromatic carbocycles. The summed E-state index contributed by atoms with van der Waals surface area (Å²) >= 11 is 0. The maximum Gasteiger partial charge on any atom is 0.0726 e. The highest BCUT2D eigenvalue weighted by Crippen LogP contribution is 2.63. The van der Waals surface area contributed by atoms with E-state index in [0.717, 1.165) is 17.1 Å². The molecule has 11 rings (SSSR count). The van der Waals surface area contributed by atoms with Gasteiger partial charge in [0, 0.05) is 22.5 Å². The first-order chi connectivity index (χ1) is 26.4. The van der Waals surface area contributed by atoms with E-state index in [9.17, 15) is 0 Å². The lowest BCUT2D eigenvalue weighted by molar-refractivity contribution is 0.660. The monoisotopic (exact) mass is 689 g/mol. The predicted molar refractivity (Wildman–Crippen MR) is 225 cm³/mol. The average molecular weight is 690 g/mol. The van der Waals surface area contributed by atoms with Gasteiger partial charge in [0.1, 0.15) is 0 Å². The zero-order chi connectivity index (χ0) is 36.2. The topological polar surface area (TPSA) is 3.24 Å². The van der Waals surface area contributed by atoms with Crippen LogP contribution in [-0.2, 0) is 10.8 Å². The average Bonchev–Trinajstić information content (AvgIpc) is 3.76. The predicted octanol–water partition coefficient (Wildman–Crippen LogP) is 13.8. The van der Waals surface area contributed by atoms with Crippen molar-refractivity contribution in [3.8, 4) is 44.5 Å². The first kappa shape index (κ1) is 31.1. The standard InChI is InChI=1S/C53H39N/c1-34-21-28-44-41-16-8-11-19-47(41)53(50(44)31-34)48-20-12-9-17-42(48)45-30-27-39(33-51(45)53)54(37-24-22-36(23-25-37)35-13-5-4-6-14-35)38-26-29-43-40-15-7-10-18-46(40)52(2,3)49(43)32-38/h4-33H,1-3H3. The van der Waals surface area contributed by atoms with Gasteiger partial charge in [-0.3, -0.25) is 0 Å². The molecule has 0 saturated heterocycles. The van der Waals surface area contributed by atoms with E-state index in [1.165, 1.54) is 83.5 Å². The lowest BCUT2D eigenvalue weighted by Gasteiger charge is -2.32. The van der Waals surface area contributed by atoms with E-state index in [4.69, 9.17) is 0 Å². The van der Waals surface area contributed by atoms with Crippen LogP contribution in [0.2, 0.25) is 0 Å². The van der Waals surface area contributed by atoms with Crippen LogP contribution in [0.5, 0.6) is 0 Å². The van der Waals surface area contributed by atoms with Gasteiger partial charge in [0.15, 0.2) is 0 Å². The minimum Gasteiger partial charge on any atom is -0.310 e. The van der Waals surface area contributed by atoms with Gasteiger partial charge in [-0.1, -0.05) is 165 Å². The fourth-order valence-electron chi connectivity index (χ4n) is 10.1. The van der Waals surface area contributed by atoms with Crippen molar-refractivity contribution in [1.82, 2.24) is 0 Å². The van der Waals surface area contributed by atoms with Crippen LogP contribution >= 0.6 is 0 Å². The third-order valence-electron chi connectivity index (χ3n) is 12.5. The molecule has 8 aromatic rings. The van der Waals surface area contributed by atoms with Crippen LogP contribution in [0.4, 0.5) is 17.1 Å². The second-order valence-corrected chi connectivity index (χ2v) is 15.8. The van der Waals surface area contributed by atoms with Crippen LogP contribution in [0, 0.1) is 6.92 Å². The van der Waals surface area contributed by atoms with Gasteiger partial charge in [-0.25, -0.2) is 0 Å². The number of fused-ring (bicyclic) bond motifs is 13. The quantitative estimate of drug-likeness (QED) is 0.178. The number of aryl methyl sites for hydroxylation is 1. The Bertz CT molecular complexity index is 2790. The lowest BCUT2D eigenvalue weighted by Crippen LogP contribution is -2.26. The third kappa shape index (κ3) is 4.15. The molecule has 0 bridgehead atoms. The van der Waals surface area contributed by atoms with Crippen molar-refractivity contribution in [3.63, 3.8) is 0 Å². The molecule has 1 spiro atoms. The first-order valence-corrected chi connectivity index (χ1v) is 19.1. The summed E-state index contributed by atoms with van der Waals surface area (Å²) in [5.74, 6) is 0. The van der Waals surface area contributed by atoms with Gasteiger partial charge in [0.2, 0.25) is 0 Å². The van der Waals surface area contributed by atoms with Gasteiger partial charge in [0.05, 0.1) is 5.41 Å². The molecule has 0 amide bonds. The number of rotatable bonds is 4. The summed E-state index contributed by atoms with van der Waals surface area (Å²) in [7, 11) is 0. The maximum atomic E-state index is 2.50. The van der Waals surface area contributed by atoms with Crippen molar-refractivity contribution < 1.29 is 0 Å². The summed E-state index contributed by atoms with van der Waals surface area (Å²) in [5, 5.41) is 0. The number of anilines is 3. The molecule has 3 aliphatic carbocycles. The van der Waals surface area contributed by atoms with Gasteiger partial charge < -0.3 is 4.90 Å². The fraction of sp³-hybridized carbons (Fsp3) is 0.0943. The number of hydrogen-bond acceptors (Lipinski definition) is 1. The van der Waals surface area contributed by atoms with Crippen molar-refractivity contribution in [2.75, 3.05) is 4.90 Å². The van der Waals surface area contributed by atoms with E-state index < -0.39 is 5.41 Å². The smallest absolute Gasteiger partial charge is 0.0726 e. The summed E-state index contributed by atoms with van der Waals surface area (Å²) in [6, 6.07) is 68.2. The summed E-state index contributed by atoms with van der Waals surface area (Å²) in [6.07, 6.45) is 0. The van der Waals surface area contributed by atoms with Gasteiger partial charge >= 0.3 is 0 Å². The van der Waals surface area contributed by atoms with Crippen LogP contribution < -0.4 is 4.90 Å². The normalized spacial score (nSPS) is 16.3. The van der Waals surface area contributed by atoms with Crippen molar-refractivity contribution in [2.45, 2.75) is 31.6 Å². The Morgan fingerprint density at radius 1 is 0.333 bits per heavy atom. The molecular weight excluding hydrogens is 651 g/mol. The number of nitrogens with zero attached hydrogens (tertiary/aromatic N) is 1. The lowest BCUT2D eigenvalue weighted by atomic mass is 9.70. The molecule has 54 heavy (non-hydrogen) atoms. The Hall–Kier alpha value is -6.44. The Kier molecular flexibility index (Phi) is 6.50. The summed E-state index contributed by atoms with van der Waals surface area (Å²) in [6.45, 7) is 6.96. The molecule has 1 atom stereocenters. The molecule has 0 fully saturated rings. The van der Waals surface area contributed by atoms with E-state index in [1.807, 2.05) is 0 Å². The van der Waals surface area contributed by atoms with Crippen molar-refractivity contribution in [2.24, 2.45) is 0 Å². The number of benzene rings is 8. The zero-order valence-electron chi connectivity index (χ0n) is 30.8. The highest BCUT2D eigenvalue weighted by Gasteiger charge is 2.51. The highest BCUT2D eigenvalue weighted by molar-refractivity contribution is 5.96. The Morgan fingerprint density at radius 3 is 1.39 bits per heavy atom. The van der Waals surface area contributed by atoms with Crippen LogP contribution in [0.3, 0.4) is 0 Å². The van der Waals surface area contributed by atoms with Gasteiger partial charge in [-0.05, 0) is 121 Å². The van der Waals surface area contributed by atoms with E-state index in [1.54, 1.807) is 0 Å². The molecule has 1 unspecified atom stereocenters. The molecule has 256 valence electrons. The summed E-state index contributed by atoms with van der Waals surface area (Å²) in [5.41, 5.74) is 22.8. The van der Waals surface area contributed by atoms with E-state index in [2.05, 4.69) is 208 Å². The molecule has 0 saturated carbocycles. The van der Waals surface area contributed by atoms with Crippen LogP contribution in [0.25, 0.3) is 44.5 Å². The fourth-order valence-corrected chi connectivity index (χ4v) is 10.1. The van der Waals surface area contributed by atoms with Gasteiger partial charge in [-0.2, -0.15) is 0 Å². The van der Waals surface area contributed by atoms with Crippen molar-refractivity contribution in [3.05, 3.63) is 221 Å². The van der Waals surface area contributed by atoms with Crippen LogP contribution in [0.15, 0.2) is 182 Å². The second-order valence-electron chi connectivity index (χ2n) is 15.8.